The number of rotatable bonds is 0. The summed E-state index contributed by atoms with van der Waals surface area (Å²) in [5, 5.41) is 0. The number of nitrogens with zero attached hydrogens (tertiary/aromatic N) is 1. The van der Waals surface area contributed by atoms with Crippen LogP contribution < -0.4 is 0 Å². The molecule has 1 aliphatic heterocycles. The normalized spacial score (nSPS) is 41.5. The smallest absolute Gasteiger partial charge is 0.198 e. The minimum absolute atomic E-state index is 0.0136. The van der Waals surface area contributed by atoms with Crippen molar-refractivity contribution in [2.24, 2.45) is 0 Å². The first-order valence-corrected chi connectivity index (χ1v) is 5.47. The van der Waals surface area contributed by atoms with E-state index in [2.05, 4.69) is 27.9 Å². The van der Waals surface area contributed by atoms with Gasteiger partial charge in [-0.05, 0) is 12.8 Å². The lowest BCUT2D eigenvalue weighted by molar-refractivity contribution is -0.960. The molecular weight excluding hydrogens is 162 g/mol. The van der Waals surface area contributed by atoms with E-state index in [0.717, 1.165) is 10.5 Å². The van der Waals surface area contributed by atoms with Gasteiger partial charge in [0.15, 0.2) is 5.72 Å². The maximum absolute atomic E-state index is 6.14. The molecule has 13 heavy (non-hydrogen) atoms. The van der Waals surface area contributed by atoms with Crippen LogP contribution >= 0.6 is 0 Å². The molecule has 0 radical (unpaired) electrons. The van der Waals surface area contributed by atoms with Gasteiger partial charge in [0.05, 0.1) is 14.1 Å². The van der Waals surface area contributed by atoms with Crippen LogP contribution in [0.4, 0.5) is 0 Å². The summed E-state index contributed by atoms with van der Waals surface area (Å²) < 4.78 is 7.18. The van der Waals surface area contributed by atoms with Crippen LogP contribution in [0.1, 0.15) is 39.5 Å². The molecule has 0 aromatic rings. The third-order valence-corrected chi connectivity index (χ3v) is 4.32. The number of likely N-dealkylation sites (N-methyl/N-ethyl adjacent to an activating group) is 1. The zero-order chi connectivity index (χ0) is 9.69. The van der Waals surface area contributed by atoms with E-state index in [9.17, 15) is 0 Å². The Bertz CT molecular complexity index is 210. The van der Waals surface area contributed by atoms with E-state index in [-0.39, 0.29) is 5.72 Å². The summed E-state index contributed by atoms with van der Waals surface area (Å²) in [6.45, 7) is 4.46. The second kappa shape index (κ2) is 2.71. The van der Waals surface area contributed by atoms with Crippen molar-refractivity contribution in [3.05, 3.63) is 0 Å². The minimum Gasteiger partial charge on any atom is -0.318 e. The van der Waals surface area contributed by atoms with Crippen LogP contribution in [0.5, 0.6) is 0 Å². The zero-order valence-corrected chi connectivity index (χ0v) is 9.34. The standard InChI is InChI=1S/C11H22NO/c1-11(2)12(3,4)9-7-5-6-8-10(9)13-11/h9-10H,5-8H2,1-4H3/q+1. The maximum Gasteiger partial charge on any atom is 0.198 e. The molecule has 2 nitrogen and oxygen atoms in total. The third-order valence-electron chi connectivity index (χ3n) is 4.32. The Morgan fingerprint density at radius 3 is 2.38 bits per heavy atom. The second-order valence-electron chi connectivity index (χ2n) is 5.49. The Kier molecular flexibility index (Phi) is 1.97. The number of fused-ring (bicyclic) bond motifs is 1. The first kappa shape index (κ1) is 9.47. The molecule has 0 bridgehead atoms. The van der Waals surface area contributed by atoms with Crippen LogP contribution in [-0.4, -0.2) is 36.4 Å². The molecule has 2 unspecified atom stereocenters. The highest BCUT2D eigenvalue weighted by atomic mass is 16.5. The SMILES string of the molecule is CC1(C)OC2CCCCC2[N+]1(C)C. The summed E-state index contributed by atoms with van der Waals surface area (Å²) in [5.74, 6) is 0. The van der Waals surface area contributed by atoms with Crippen LogP contribution in [0.15, 0.2) is 0 Å². The van der Waals surface area contributed by atoms with Crippen LogP contribution in [0.3, 0.4) is 0 Å². The van der Waals surface area contributed by atoms with Crippen molar-refractivity contribution < 1.29 is 9.22 Å². The first-order chi connectivity index (χ1) is 5.95. The highest BCUT2D eigenvalue weighted by Gasteiger charge is 2.56. The van der Waals surface area contributed by atoms with Crippen LogP contribution in [-0.2, 0) is 4.74 Å². The number of quaternary nitrogens is 1. The van der Waals surface area contributed by atoms with E-state index < -0.39 is 0 Å². The van der Waals surface area contributed by atoms with E-state index in [1.54, 1.807) is 0 Å². The van der Waals surface area contributed by atoms with E-state index in [4.69, 9.17) is 4.74 Å². The van der Waals surface area contributed by atoms with E-state index >= 15 is 0 Å². The van der Waals surface area contributed by atoms with Crippen LogP contribution in [0, 0.1) is 0 Å². The molecule has 0 N–H and O–H groups in total. The topological polar surface area (TPSA) is 9.23 Å². The van der Waals surface area contributed by atoms with Gasteiger partial charge in [0, 0.05) is 20.3 Å². The number of hydrogen-bond acceptors (Lipinski definition) is 1. The van der Waals surface area contributed by atoms with Gasteiger partial charge >= 0.3 is 0 Å². The van der Waals surface area contributed by atoms with E-state index in [1.807, 2.05) is 0 Å². The molecule has 2 heteroatoms. The summed E-state index contributed by atoms with van der Waals surface area (Å²) in [6.07, 6.45) is 5.90. The lowest BCUT2D eigenvalue weighted by Gasteiger charge is -2.41. The van der Waals surface area contributed by atoms with Crippen molar-refractivity contribution in [2.45, 2.75) is 57.4 Å². The molecule has 1 aliphatic carbocycles. The monoisotopic (exact) mass is 184 g/mol. The molecule has 76 valence electrons. The van der Waals surface area contributed by atoms with Crippen molar-refractivity contribution in [1.82, 2.24) is 0 Å². The van der Waals surface area contributed by atoms with Gasteiger partial charge in [-0.3, -0.25) is 4.48 Å². The van der Waals surface area contributed by atoms with Crippen LogP contribution in [0.25, 0.3) is 0 Å². The highest BCUT2D eigenvalue weighted by molar-refractivity contribution is 4.85. The average Bonchev–Trinajstić information content (AvgIpc) is 2.20. The average molecular weight is 184 g/mol. The molecule has 0 spiro atoms. The molecule has 2 rings (SSSR count). The Balaban J connectivity index is 2.25. The largest absolute Gasteiger partial charge is 0.318 e. The molecule has 1 saturated heterocycles. The fourth-order valence-electron chi connectivity index (χ4n) is 2.86. The summed E-state index contributed by atoms with van der Waals surface area (Å²) in [7, 11) is 4.63. The van der Waals surface area contributed by atoms with Gasteiger partial charge in [0.25, 0.3) is 0 Å². The lowest BCUT2D eigenvalue weighted by Crippen LogP contribution is -2.57. The number of hydrogen-bond donors (Lipinski definition) is 0. The Morgan fingerprint density at radius 1 is 1.15 bits per heavy atom. The third kappa shape index (κ3) is 1.23. The van der Waals surface area contributed by atoms with Crippen molar-refractivity contribution in [2.75, 3.05) is 14.1 Å². The first-order valence-electron chi connectivity index (χ1n) is 5.47. The molecule has 1 heterocycles. The van der Waals surface area contributed by atoms with Gasteiger partial charge in [-0.1, -0.05) is 6.42 Å². The lowest BCUT2D eigenvalue weighted by atomic mass is 9.91. The van der Waals surface area contributed by atoms with Gasteiger partial charge in [-0.2, -0.15) is 0 Å². The Labute approximate surface area is 81.5 Å². The molecule has 0 aromatic heterocycles. The highest BCUT2D eigenvalue weighted by Crippen LogP contribution is 2.42. The van der Waals surface area contributed by atoms with Crippen LogP contribution in [0.2, 0.25) is 0 Å². The zero-order valence-electron chi connectivity index (χ0n) is 9.34. The van der Waals surface area contributed by atoms with Gasteiger partial charge in [0.1, 0.15) is 12.1 Å². The summed E-state index contributed by atoms with van der Waals surface area (Å²) in [4.78, 5) is 0. The number of ether oxygens (including phenoxy) is 1. The molecule has 2 atom stereocenters. The molecule has 0 aromatic carbocycles. The summed E-state index contributed by atoms with van der Waals surface area (Å²) in [6, 6.07) is 0.740. The van der Waals surface area contributed by atoms with Crippen molar-refractivity contribution in [3.8, 4) is 0 Å². The van der Waals surface area contributed by atoms with E-state index in [0.29, 0.717) is 6.10 Å². The van der Waals surface area contributed by atoms with Crippen molar-refractivity contribution in [3.63, 3.8) is 0 Å². The van der Waals surface area contributed by atoms with Crippen molar-refractivity contribution >= 4 is 0 Å². The molecule has 1 saturated carbocycles. The minimum atomic E-state index is 0.0136. The predicted molar refractivity (Wildman–Crippen MR) is 53.3 cm³/mol. The van der Waals surface area contributed by atoms with Gasteiger partial charge in [0.2, 0.25) is 0 Å². The molecule has 0 amide bonds. The molecule has 2 fully saturated rings. The summed E-state index contributed by atoms with van der Waals surface area (Å²) in [5.41, 5.74) is 0.0136. The molecule has 2 aliphatic rings. The summed E-state index contributed by atoms with van der Waals surface area (Å²) >= 11 is 0. The second-order valence-corrected chi connectivity index (χ2v) is 5.49. The van der Waals surface area contributed by atoms with Gasteiger partial charge in [-0.25, -0.2) is 0 Å². The fourth-order valence-corrected chi connectivity index (χ4v) is 2.86. The quantitative estimate of drug-likeness (QED) is 0.524. The van der Waals surface area contributed by atoms with E-state index in [1.165, 1.54) is 25.7 Å². The molecular formula is C11H22NO+. The predicted octanol–water partition coefficient (Wildman–Crippen LogP) is 2.14. The van der Waals surface area contributed by atoms with Gasteiger partial charge in [-0.15, -0.1) is 0 Å². The Hall–Kier alpha value is -0.0800. The maximum atomic E-state index is 6.14. The van der Waals surface area contributed by atoms with Gasteiger partial charge < -0.3 is 4.74 Å². The Morgan fingerprint density at radius 2 is 1.77 bits per heavy atom. The fraction of sp³-hybridized carbons (Fsp3) is 1.00. The van der Waals surface area contributed by atoms with Crippen molar-refractivity contribution in [1.29, 1.82) is 0 Å².